The Morgan fingerprint density at radius 2 is 2.04 bits per heavy atom. The number of hydrogen-bond donors (Lipinski definition) is 0. The second kappa shape index (κ2) is 9.64. The van der Waals surface area contributed by atoms with Gasteiger partial charge < -0.3 is 4.90 Å². The normalized spacial score (nSPS) is 15.0. The molecule has 0 bridgehead atoms. The molecule has 1 aromatic heterocycles. The van der Waals surface area contributed by atoms with Gasteiger partial charge in [0.1, 0.15) is 9.88 Å². The summed E-state index contributed by atoms with van der Waals surface area (Å²) in [5.74, 6) is 0.0923. The number of carbonyl (C=O) groups is 1. The first-order chi connectivity index (χ1) is 12.8. The highest BCUT2D eigenvalue weighted by molar-refractivity contribution is 7.13. The lowest BCUT2D eigenvalue weighted by Gasteiger charge is -2.19. The van der Waals surface area contributed by atoms with E-state index in [0.29, 0.717) is 6.54 Å². The van der Waals surface area contributed by atoms with Gasteiger partial charge in [0.2, 0.25) is 0 Å². The molecule has 26 heavy (non-hydrogen) atoms. The average molecular weight is 370 g/mol. The molecule has 0 unspecified atom stereocenters. The SMILES string of the molecule is CCCN(C/C=C/c1ccccc1)C(=O)c1cnc(CN2CCCC2)s1. The Hall–Kier alpha value is -1.98. The van der Waals surface area contributed by atoms with E-state index in [1.54, 1.807) is 17.5 Å². The van der Waals surface area contributed by atoms with Crippen molar-refractivity contribution in [2.24, 2.45) is 0 Å². The number of benzene rings is 1. The lowest BCUT2D eigenvalue weighted by molar-refractivity contribution is 0.0778. The Bertz CT molecular complexity index is 720. The summed E-state index contributed by atoms with van der Waals surface area (Å²) in [6, 6.07) is 10.2. The molecule has 5 heteroatoms. The number of rotatable bonds is 8. The first-order valence-corrected chi connectivity index (χ1v) is 10.3. The van der Waals surface area contributed by atoms with Crippen LogP contribution in [0.2, 0.25) is 0 Å². The van der Waals surface area contributed by atoms with Crippen LogP contribution in [0.1, 0.15) is 46.4 Å². The highest BCUT2D eigenvalue weighted by Crippen LogP contribution is 2.19. The van der Waals surface area contributed by atoms with Crippen molar-refractivity contribution in [3.8, 4) is 0 Å². The molecule has 0 radical (unpaired) electrons. The molecule has 2 heterocycles. The quantitative estimate of drug-likeness (QED) is 0.696. The molecule has 1 fully saturated rings. The summed E-state index contributed by atoms with van der Waals surface area (Å²) in [6.45, 7) is 6.66. The van der Waals surface area contributed by atoms with Gasteiger partial charge >= 0.3 is 0 Å². The smallest absolute Gasteiger partial charge is 0.265 e. The van der Waals surface area contributed by atoms with Crippen molar-refractivity contribution in [1.29, 1.82) is 0 Å². The molecule has 1 aromatic carbocycles. The first kappa shape index (κ1) is 18.8. The van der Waals surface area contributed by atoms with Gasteiger partial charge in [0.25, 0.3) is 5.91 Å². The van der Waals surface area contributed by atoms with Gasteiger partial charge in [-0.05, 0) is 37.9 Å². The Kier molecular flexibility index (Phi) is 6.97. The molecule has 0 aliphatic carbocycles. The third-order valence-electron chi connectivity index (χ3n) is 4.54. The van der Waals surface area contributed by atoms with Gasteiger partial charge in [-0.25, -0.2) is 4.98 Å². The van der Waals surface area contributed by atoms with Crippen LogP contribution in [0.4, 0.5) is 0 Å². The number of hydrogen-bond acceptors (Lipinski definition) is 4. The number of nitrogens with zero attached hydrogens (tertiary/aromatic N) is 3. The van der Waals surface area contributed by atoms with E-state index in [9.17, 15) is 4.79 Å². The molecule has 1 saturated heterocycles. The van der Waals surface area contributed by atoms with Crippen LogP contribution < -0.4 is 0 Å². The van der Waals surface area contributed by atoms with E-state index in [0.717, 1.165) is 48.0 Å². The topological polar surface area (TPSA) is 36.4 Å². The second-order valence-electron chi connectivity index (χ2n) is 6.67. The first-order valence-electron chi connectivity index (χ1n) is 9.44. The zero-order chi connectivity index (χ0) is 18.2. The van der Waals surface area contributed by atoms with E-state index in [1.807, 2.05) is 23.1 Å². The Labute approximate surface area is 160 Å². The zero-order valence-corrected chi connectivity index (χ0v) is 16.3. The van der Waals surface area contributed by atoms with E-state index < -0.39 is 0 Å². The number of amides is 1. The summed E-state index contributed by atoms with van der Waals surface area (Å²) >= 11 is 1.54. The standard InChI is InChI=1S/C21H27N3OS/c1-2-12-24(15-8-11-18-9-4-3-5-10-18)21(25)19-16-22-20(26-19)17-23-13-6-7-14-23/h3-5,8-11,16H,2,6-7,12-15,17H2,1H3/b11-8+. The Morgan fingerprint density at radius 1 is 1.27 bits per heavy atom. The van der Waals surface area contributed by atoms with Crippen LogP contribution in [0, 0.1) is 0 Å². The van der Waals surface area contributed by atoms with Gasteiger partial charge in [0.15, 0.2) is 0 Å². The highest BCUT2D eigenvalue weighted by atomic mass is 32.1. The van der Waals surface area contributed by atoms with E-state index in [4.69, 9.17) is 0 Å². The summed E-state index contributed by atoms with van der Waals surface area (Å²) in [6.07, 6.45) is 9.38. The maximum Gasteiger partial charge on any atom is 0.265 e. The minimum absolute atomic E-state index is 0.0923. The maximum atomic E-state index is 12.9. The molecule has 138 valence electrons. The highest BCUT2D eigenvalue weighted by Gasteiger charge is 2.19. The van der Waals surface area contributed by atoms with Crippen LogP contribution in [0.25, 0.3) is 6.08 Å². The Morgan fingerprint density at radius 3 is 2.77 bits per heavy atom. The molecule has 1 aliphatic rings. The lowest BCUT2D eigenvalue weighted by atomic mass is 10.2. The maximum absolute atomic E-state index is 12.9. The third-order valence-corrected chi connectivity index (χ3v) is 5.51. The summed E-state index contributed by atoms with van der Waals surface area (Å²) in [4.78, 5) is 22.4. The van der Waals surface area contributed by atoms with E-state index in [2.05, 4.69) is 41.1 Å². The average Bonchev–Trinajstić information content (AvgIpc) is 3.34. The monoisotopic (exact) mass is 369 g/mol. The van der Waals surface area contributed by atoms with Crippen molar-refractivity contribution in [3.05, 3.63) is 58.1 Å². The van der Waals surface area contributed by atoms with Gasteiger partial charge in [-0.3, -0.25) is 9.69 Å². The van der Waals surface area contributed by atoms with E-state index >= 15 is 0 Å². The van der Waals surface area contributed by atoms with Crippen LogP contribution in [-0.4, -0.2) is 46.9 Å². The second-order valence-corrected chi connectivity index (χ2v) is 7.78. The fourth-order valence-electron chi connectivity index (χ4n) is 3.20. The van der Waals surface area contributed by atoms with E-state index in [-0.39, 0.29) is 5.91 Å². The predicted octanol–water partition coefficient (Wildman–Crippen LogP) is 4.30. The fourth-order valence-corrected chi connectivity index (χ4v) is 4.12. The number of aromatic nitrogens is 1. The van der Waals surface area contributed by atoms with Crippen molar-refractivity contribution in [1.82, 2.24) is 14.8 Å². The molecule has 4 nitrogen and oxygen atoms in total. The molecular formula is C21H27N3OS. The number of carbonyl (C=O) groups excluding carboxylic acids is 1. The van der Waals surface area contributed by atoms with E-state index in [1.165, 1.54) is 12.8 Å². The predicted molar refractivity (Wildman–Crippen MR) is 108 cm³/mol. The summed E-state index contributed by atoms with van der Waals surface area (Å²) in [5.41, 5.74) is 1.15. The van der Waals surface area contributed by atoms with Gasteiger partial charge in [0.05, 0.1) is 12.7 Å². The molecule has 0 saturated carbocycles. The van der Waals surface area contributed by atoms with Crippen molar-refractivity contribution in [2.45, 2.75) is 32.7 Å². The van der Waals surface area contributed by atoms with Crippen molar-refractivity contribution in [3.63, 3.8) is 0 Å². The van der Waals surface area contributed by atoms with Gasteiger partial charge in [0, 0.05) is 13.1 Å². The molecular weight excluding hydrogens is 342 g/mol. The van der Waals surface area contributed by atoms with Crippen LogP contribution in [0.5, 0.6) is 0 Å². The van der Waals surface area contributed by atoms with Gasteiger partial charge in [-0.15, -0.1) is 11.3 Å². The van der Waals surface area contributed by atoms with Gasteiger partial charge in [-0.1, -0.05) is 49.4 Å². The van der Waals surface area contributed by atoms with Crippen LogP contribution in [0.15, 0.2) is 42.6 Å². The third kappa shape index (κ3) is 5.26. The lowest BCUT2D eigenvalue weighted by Crippen LogP contribution is -2.31. The molecule has 2 aromatic rings. The summed E-state index contributed by atoms with van der Waals surface area (Å²) in [5, 5.41) is 1.05. The van der Waals surface area contributed by atoms with Crippen LogP contribution >= 0.6 is 11.3 Å². The van der Waals surface area contributed by atoms with Crippen molar-refractivity contribution >= 4 is 23.3 Å². The fraction of sp³-hybridized carbons (Fsp3) is 0.429. The summed E-state index contributed by atoms with van der Waals surface area (Å²) in [7, 11) is 0. The number of thiazole rings is 1. The zero-order valence-electron chi connectivity index (χ0n) is 15.4. The molecule has 0 N–H and O–H groups in total. The van der Waals surface area contributed by atoms with Crippen LogP contribution in [-0.2, 0) is 6.54 Å². The molecule has 0 spiro atoms. The minimum Gasteiger partial charge on any atom is -0.334 e. The van der Waals surface area contributed by atoms with Gasteiger partial charge in [-0.2, -0.15) is 0 Å². The minimum atomic E-state index is 0.0923. The van der Waals surface area contributed by atoms with Crippen LogP contribution in [0.3, 0.4) is 0 Å². The van der Waals surface area contributed by atoms with Crippen molar-refractivity contribution < 1.29 is 4.79 Å². The van der Waals surface area contributed by atoms with Crippen molar-refractivity contribution in [2.75, 3.05) is 26.2 Å². The molecule has 3 rings (SSSR count). The molecule has 1 amide bonds. The summed E-state index contributed by atoms with van der Waals surface area (Å²) < 4.78 is 0. The Balaban J connectivity index is 1.60. The largest absolute Gasteiger partial charge is 0.334 e. The number of likely N-dealkylation sites (tertiary alicyclic amines) is 1. The molecule has 0 atom stereocenters. The molecule has 1 aliphatic heterocycles.